The van der Waals surface area contributed by atoms with Crippen molar-refractivity contribution in [2.24, 2.45) is 11.8 Å². The highest BCUT2D eigenvalue weighted by atomic mass is 15.1. The molecule has 3 heteroatoms. The maximum atomic E-state index is 5.94. The van der Waals surface area contributed by atoms with Crippen molar-refractivity contribution in [2.45, 2.75) is 47.1 Å². The van der Waals surface area contributed by atoms with Crippen molar-refractivity contribution in [1.82, 2.24) is 9.88 Å². The molecule has 19 heavy (non-hydrogen) atoms. The van der Waals surface area contributed by atoms with E-state index < -0.39 is 0 Å². The van der Waals surface area contributed by atoms with Gasteiger partial charge in [-0.25, -0.2) is 4.98 Å². The van der Waals surface area contributed by atoms with Crippen molar-refractivity contribution in [3.05, 3.63) is 23.9 Å². The number of hydrogen-bond donors (Lipinski definition) is 1. The highest BCUT2D eigenvalue weighted by Crippen LogP contribution is 2.14. The van der Waals surface area contributed by atoms with Gasteiger partial charge in [0.05, 0.1) is 0 Å². The van der Waals surface area contributed by atoms with Crippen LogP contribution in [0.5, 0.6) is 0 Å². The maximum Gasteiger partial charge on any atom is 0.127 e. The summed E-state index contributed by atoms with van der Waals surface area (Å²) in [5.74, 6) is 2.15. The summed E-state index contributed by atoms with van der Waals surface area (Å²) < 4.78 is 0. The van der Waals surface area contributed by atoms with Crippen LogP contribution in [0.1, 0.15) is 46.1 Å². The van der Waals surface area contributed by atoms with Crippen molar-refractivity contribution in [1.29, 1.82) is 0 Å². The zero-order chi connectivity index (χ0) is 14.3. The monoisotopic (exact) mass is 263 g/mol. The minimum absolute atomic E-state index is 0.668. The van der Waals surface area contributed by atoms with Crippen LogP contribution in [-0.2, 0) is 6.54 Å². The Kier molecular flexibility index (Phi) is 6.85. The Labute approximate surface area is 118 Å². The van der Waals surface area contributed by atoms with Crippen LogP contribution < -0.4 is 5.73 Å². The smallest absolute Gasteiger partial charge is 0.127 e. The third-order valence-corrected chi connectivity index (χ3v) is 3.37. The first-order valence-corrected chi connectivity index (χ1v) is 7.40. The van der Waals surface area contributed by atoms with E-state index in [1.807, 2.05) is 6.07 Å². The molecule has 2 N–H and O–H groups in total. The lowest BCUT2D eigenvalue weighted by molar-refractivity contribution is 0.236. The van der Waals surface area contributed by atoms with Crippen LogP contribution in [0.15, 0.2) is 18.3 Å². The normalized spacial score (nSPS) is 11.7. The van der Waals surface area contributed by atoms with Gasteiger partial charge in [-0.1, -0.05) is 33.8 Å². The fourth-order valence-corrected chi connectivity index (χ4v) is 1.98. The maximum absolute atomic E-state index is 5.94. The minimum atomic E-state index is 0.668. The van der Waals surface area contributed by atoms with Gasteiger partial charge >= 0.3 is 0 Å². The molecule has 0 amide bonds. The molecule has 0 saturated heterocycles. The molecular formula is C16H29N3. The van der Waals surface area contributed by atoms with E-state index in [-0.39, 0.29) is 0 Å². The van der Waals surface area contributed by atoms with Crippen LogP contribution in [0.3, 0.4) is 0 Å². The average Bonchev–Trinajstić information content (AvgIpc) is 2.34. The number of nitrogens with zero attached hydrogens (tertiary/aromatic N) is 2. The van der Waals surface area contributed by atoms with Crippen LogP contribution in [-0.4, -0.2) is 23.0 Å². The third-order valence-electron chi connectivity index (χ3n) is 3.37. The van der Waals surface area contributed by atoms with Gasteiger partial charge in [-0.15, -0.1) is 0 Å². The molecule has 3 nitrogen and oxygen atoms in total. The van der Waals surface area contributed by atoms with E-state index in [0.717, 1.165) is 37.0 Å². The van der Waals surface area contributed by atoms with Crippen LogP contribution in [0, 0.1) is 11.8 Å². The molecule has 0 fully saturated rings. The van der Waals surface area contributed by atoms with Gasteiger partial charge in [0.1, 0.15) is 5.82 Å². The van der Waals surface area contributed by atoms with Gasteiger partial charge in [0, 0.05) is 18.3 Å². The second-order valence-corrected chi connectivity index (χ2v) is 6.19. The van der Waals surface area contributed by atoms with E-state index in [2.05, 4.69) is 43.6 Å². The largest absolute Gasteiger partial charge is 0.383 e. The Balaban J connectivity index is 2.59. The molecule has 0 spiro atoms. The van der Waals surface area contributed by atoms with E-state index in [4.69, 9.17) is 5.73 Å². The molecule has 0 aliphatic heterocycles. The van der Waals surface area contributed by atoms with Crippen molar-refractivity contribution in [3.8, 4) is 0 Å². The van der Waals surface area contributed by atoms with Crippen LogP contribution in [0.25, 0.3) is 0 Å². The van der Waals surface area contributed by atoms with Gasteiger partial charge in [0.25, 0.3) is 0 Å². The molecule has 1 rings (SSSR count). The average molecular weight is 263 g/mol. The number of nitrogen functional groups attached to an aromatic ring is 1. The van der Waals surface area contributed by atoms with Crippen LogP contribution in [0.4, 0.5) is 5.82 Å². The lowest BCUT2D eigenvalue weighted by Gasteiger charge is -2.24. The number of nitrogens with two attached hydrogens (primary N) is 1. The van der Waals surface area contributed by atoms with Crippen molar-refractivity contribution in [3.63, 3.8) is 0 Å². The van der Waals surface area contributed by atoms with Gasteiger partial charge in [0.2, 0.25) is 0 Å². The molecular weight excluding hydrogens is 234 g/mol. The molecule has 0 bridgehead atoms. The number of anilines is 1. The van der Waals surface area contributed by atoms with Gasteiger partial charge < -0.3 is 5.73 Å². The molecule has 1 heterocycles. The molecule has 0 aromatic carbocycles. The SMILES string of the molecule is CC(C)CCN(CCC(C)C)Cc1cccnc1N. The molecule has 1 aromatic rings. The first kappa shape index (κ1) is 16.0. The van der Waals surface area contributed by atoms with E-state index in [1.165, 1.54) is 12.8 Å². The van der Waals surface area contributed by atoms with Crippen LogP contribution >= 0.6 is 0 Å². The number of rotatable bonds is 8. The van der Waals surface area contributed by atoms with E-state index in [0.29, 0.717) is 5.82 Å². The fourth-order valence-electron chi connectivity index (χ4n) is 1.98. The summed E-state index contributed by atoms with van der Waals surface area (Å²) in [6.07, 6.45) is 4.22. The summed E-state index contributed by atoms with van der Waals surface area (Å²) in [7, 11) is 0. The second kappa shape index (κ2) is 8.16. The summed E-state index contributed by atoms with van der Waals surface area (Å²) in [6, 6.07) is 4.05. The summed E-state index contributed by atoms with van der Waals surface area (Å²) in [6.45, 7) is 12.3. The number of pyridine rings is 1. The Morgan fingerprint density at radius 3 is 2.16 bits per heavy atom. The van der Waals surface area contributed by atoms with E-state index in [9.17, 15) is 0 Å². The summed E-state index contributed by atoms with van der Waals surface area (Å²) in [4.78, 5) is 6.68. The Hall–Kier alpha value is -1.09. The summed E-state index contributed by atoms with van der Waals surface area (Å²) in [5, 5.41) is 0. The van der Waals surface area contributed by atoms with E-state index >= 15 is 0 Å². The van der Waals surface area contributed by atoms with Gasteiger partial charge in [-0.2, -0.15) is 0 Å². The third kappa shape index (κ3) is 6.58. The lowest BCUT2D eigenvalue weighted by Crippen LogP contribution is -2.27. The minimum Gasteiger partial charge on any atom is -0.383 e. The summed E-state index contributed by atoms with van der Waals surface area (Å²) in [5.41, 5.74) is 7.09. The van der Waals surface area contributed by atoms with Gasteiger partial charge in [-0.3, -0.25) is 4.90 Å². The number of hydrogen-bond acceptors (Lipinski definition) is 3. The highest BCUT2D eigenvalue weighted by Gasteiger charge is 2.10. The van der Waals surface area contributed by atoms with Crippen molar-refractivity contribution in [2.75, 3.05) is 18.8 Å². The predicted octanol–water partition coefficient (Wildman–Crippen LogP) is 3.56. The molecule has 0 atom stereocenters. The molecule has 1 aromatic heterocycles. The molecule has 108 valence electrons. The Morgan fingerprint density at radius 1 is 1.11 bits per heavy atom. The highest BCUT2D eigenvalue weighted by molar-refractivity contribution is 5.38. The zero-order valence-corrected chi connectivity index (χ0v) is 12.9. The zero-order valence-electron chi connectivity index (χ0n) is 12.9. The molecule has 0 saturated carbocycles. The molecule has 0 aliphatic rings. The van der Waals surface area contributed by atoms with Gasteiger partial charge in [-0.05, 0) is 43.8 Å². The first-order chi connectivity index (χ1) is 8.99. The van der Waals surface area contributed by atoms with Crippen molar-refractivity contribution >= 4 is 5.82 Å². The number of aromatic nitrogens is 1. The quantitative estimate of drug-likeness (QED) is 0.780. The topological polar surface area (TPSA) is 42.2 Å². The van der Waals surface area contributed by atoms with Crippen LogP contribution in [0.2, 0.25) is 0 Å². The molecule has 0 aliphatic carbocycles. The fraction of sp³-hybridized carbons (Fsp3) is 0.688. The first-order valence-electron chi connectivity index (χ1n) is 7.40. The predicted molar refractivity (Wildman–Crippen MR) is 82.8 cm³/mol. The second-order valence-electron chi connectivity index (χ2n) is 6.19. The van der Waals surface area contributed by atoms with E-state index in [1.54, 1.807) is 6.20 Å². The van der Waals surface area contributed by atoms with Crippen molar-refractivity contribution < 1.29 is 0 Å². The standard InChI is InChI=1S/C16H29N3/c1-13(2)7-10-19(11-8-14(3)4)12-15-6-5-9-18-16(15)17/h5-6,9,13-14H,7-8,10-12H2,1-4H3,(H2,17,18). The molecule has 0 radical (unpaired) electrons. The Morgan fingerprint density at radius 2 is 1.68 bits per heavy atom. The molecule has 0 unspecified atom stereocenters. The van der Waals surface area contributed by atoms with Gasteiger partial charge in [0.15, 0.2) is 0 Å². The lowest BCUT2D eigenvalue weighted by atomic mass is 10.1. The summed E-state index contributed by atoms with van der Waals surface area (Å²) >= 11 is 0. The Bertz CT molecular complexity index is 349.